The zero-order chi connectivity index (χ0) is 10.4. The van der Waals surface area contributed by atoms with E-state index >= 15 is 0 Å². The Morgan fingerprint density at radius 3 is 2.57 bits per heavy atom. The summed E-state index contributed by atoms with van der Waals surface area (Å²) in [7, 11) is 0. The van der Waals surface area contributed by atoms with Crippen LogP contribution in [0.25, 0.3) is 5.57 Å². The summed E-state index contributed by atoms with van der Waals surface area (Å²) in [6, 6.07) is 10.1. The molecule has 0 aliphatic rings. The molecule has 0 heterocycles. The largest absolute Gasteiger partial charge is 0.370 e. The average molecular weight is 189 g/mol. The normalized spacial score (nSPS) is 11.4. The van der Waals surface area contributed by atoms with Gasteiger partial charge in [-0.15, -0.1) is 0 Å². The van der Waals surface area contributed by atoms with Gasteiger partial charge in [0.15, 0.2) is 0 Å². The van der Waals surface area contributed by atoms with Gasteiger partial charge in [0.05, 0.1) is 0 Å². The lowest BCUT2D eigenvalue weighted by Gasteiger charge is -2.00. The van der Waals surface area contributed by atoms with Crippen LogP contribution < -0.4 is 5.73 Å². The van der Waals surface area contributed by atoms with Crippen molar-refractivity contribution in [3.63, 3.8) is 0 Å². The molecule has 0 aliphatic carbocycles. The second kappa shape index (κ2) is 5.22. The highest BCUT2D eigenvalue weighted by molar-refractivity contribution is 5.74. The minimum atomic E-state index is -0.248. The van der Waals surface area contributed by atoms with E-state index in [1.54, 1.807) is 0 Å². The summed E-state index contributed by atoms with van der Waals surface area (Å²) in [4.78, 5) is 10.5. The molecular formula is C12H15NO. The van der Waals surface area contributed by atoms with Crippen LogP contribution in [0.5, 0.6) is 0 Å². The predicted octanol–water partition coefficient (Wildman–Crippen LogP) is 2.36. The van der Waals surface area contributed by atoms with Crippen molar-refractivity contribution in [2.24, 2.45) is 5.73 Å². The minimum Gasteiger partial charge on any atom is -0.370 e. The smallest absolute Gasteiger partial charge is 0.217 e. The quantitative estimate of drug-likeness (QED) is 0.776. The highest BCUT2D eigenvalue weighted by Crippen LogP contribution is 2.13. The van der Waals surface area contributed by atoms with E-state index in [0.29, 0.717) is 6.42 Å². The Balaban J connectivity index is 2.57. The Morgan fingerprint density at radius 2 is 2.00 bits per heavy atom. The van der Waals surface area contributed by atoms with Crippen molar-refractivity contribution in [3.05, 3.63) is 42.0 Å². The van der Waals surface area contributed by atoms with Crippen LogP contribution in [0.2, 0.25) is 0 Å². The molecule has 0 fully saturated rings. The van der Waals surface area contributed by atoms with Crippen LogP contribution in [0.15, 0.2) is 36.4 Å². The highest BCUT2D eigenvalue weighted by atomic mass is 16.1. The summed E-state index contributed by atoms with van der Waals surface area (Å²) in [5.41, 5.74) is 7.43. The maximum Gasteiger partial charge on any atom is 0.217 e. The van der Waals surface area contributed by atoms with Crippen LogP contribution in [0.4, 0.5) is 0 Å². The summed E-state index contributed by atoms with van der Waals surface area (Å²) in [6.45, 7) is 2.04. The number of carbonyl (C=O) groups excluding carboxylic acids is 1. The number of allylic oxidation sites excluding steroid dienone is 2. The molecule has 2 nitrogen and oxygen atoms in total. The van der Waals surface area contributed by atoms with Gasteiger partial charge in [-0.25, -0.2) is 0 Å². The molecule has 1 rings (SSSR count). The standard InChI is InChI=1S/C12H15NO/c1-10(6-5-9-12(13)14)11-7-3-2-4-8-11/h2-4,6-8H,5,9H2,1H3,(H2,13,14). The number of nitrogens with two attached hydrogens (primary N) is 1. The fourth-order valence-electron chi connectivity index (χ4n) is 1.25. The van der Waals surface area contributed by atoms with Gasteiger partial charge in [-0.05, 0) is 24.5 Å². The lowest BCUT2D eigenvalue weighted by molar-refractivity contribution is -0.117. The van der Waals surface area contributed by atoms with E-state index in [1.165, 1.54) is 11.1 Å². The van der Waals surface area contributed by atoms with Gasteiger partial charge in [0, 0.05) is 6.42 Å². The summed E-state index contributed by atoms with van der Waals surface area (Å²) < 4.78 is 0. The molecule has 0 radical (unpaired) electrons. The predicted molar refractivity (Wildman–Crippen MR) is 58.5 cm³/mol. The molecule has 0 bridgehead atoms. The van der Waals surface area contributed by atoms with Crippen molar-refractivity contribution in [2.45, 2.75) is 19.8 Å². The van der Waals surface area contributed by atoms with E-state index in [4.69, 9.17) is 5.73 Å². The molecule has 2 N–H and O–H groups in total. The Morgan fingerprint density at radius 1 is 1.36 bits per heavy atom. The van der Waals surface area contributed by atoms with Crippen molar-refractivity contribution in [3.8, 4) is 0 Å². The maximum atomic E-state index is 10.5. The van der Waals surface area contributed by atoms with Gasteiger partial charge in [-0.3, -0.25) is 4.79 Å². The van der Waals surface area contributed by atoms with Crippen LogP contribution in [0.3, 0.4) is 0 Å². The van der Waals surface area contributed by atoms with Gasteiger partial charge in [0.2, 0.25) is 5.91 Å². The SMILES string of the molecule is CC(=CCCC(N)=O)c1ccccc1. The van der Waals surface area contributed by atoms with Gasteiger partial charge in [0.25, 0.3) is 0 Å². The summed E-state index contributed by atoms with van der Waals surface area (Å²) in [5, 5.41) is 0. The van der Waals surface area contributed by atoms with Crippen molar-refractivity contribution in [1.82, 2.24) is 0 Å². The Hall–Kier alpha value is -1.57. The highest BCUT2D eigenvalue weighted by Gasteiger charge is 1.94. The molecule has 0 aromatic heterocycles. The van der Waals surface area contributed by atoms with Gasteiger partial charge < -0.3 is 5.73 Å². The first-order chi connectivity index (χ1) is 6.70. The first-order valence-electron chi connectivity index (χ1n) is 4.70. The zero-order valence-electron chi connectivity index (χ0n) is 8.36. The van der Waals surface area contributed by atoms with Gasteiger partial charge in [-0.2, -0.15) is 0 Å². The van der Waals surface area contributed by atoms with Crippen LogP contribution in [-0.2, 0) is 4.79 Å². The molecule has 1 aromatic rings. The first-order valence-corrected chi connectivity index (χ1v) is 4.70. The number of hydrogen-bond donors (Lipinski definition) is 1. The van der Waals surface area contributed by atoms with Crippen molar-refractivity contribution >= 4 is 11.5 Å². The fourth-order valence-corrected chi connectivity index (χ4v) is 1.25. The van der Waals surface area contributed by atoms with Crippen molar-refractivity contribution < 1.29 is 4.79 Å². The molecule has 14 heavy (non-hydrogen) atoms. The molecule has 0 spiro atoms. The Bertz CT molecular complexity index is 327. The van der Waals surface area contributed by atoms with Crippen molar-refractivity contribution in [2.75, 3.05) is 0 Å². The van der Waals surface area contributed by atoms with Gasteiger partial charge in [-0.1, -0.05) is 36.4 Å². The third-order valence-corrected chi connectivity index (χ3v) is 2.07. The lowest BCUT2D eigenvalue weighted by Crippen LogP contribution is -2.08. The topological polar surface area (TPSA) is 43.1 Å². The van der Waals surface area contributed by atoms with E-state index in [0.717, 1.165) is 6.42 Å². The molecule has 1 amide bonds. The number of benzene rings is 1. The van der Waals surface area contributed by atoms with E-state index in [-0.39, 0.29) is 5.91 Å². The summed E-state index contributed by atoms with van der Waals surface area (Å²) >= 11 is 0. The number of amides is 1. The number of rotatable bonds is 4. The molecule has 0 saturated heterocycles. The minimum absolute atomic E-state index is 0.248. The lowest BCUT2D eigenvalue weighted by atomic mass is 10.1. The van der Waals surface area contributed by atoms with Crippen LogP contribution in [-0.4, -0.2) is 5.91 Å². The number of hydrogen-bond acceptors (Lipinski definition) is 1. The Labute approximate surface area is 84.4 Å². The maximum absolute atomic E-state index is 10.5. The Kier molecular flexibility index (Phi) is 3.92. The molecule has 0 saturated carbocycles. The molecule has 2 heteroatoms. The molecule has 0 unspecified atom stereocenters. The van der Waals surface area contributed by atoms with E-state index in [9.17, 15) is 4.79 Å². The van der Waals surface area contributed by atoms with Crippen LogP contribution in [0.1, 0.15) is 25.3 Å². The summed E-state index contributed by atoms with van der Waals surface area (Å²) in [5.74, 6) is -0.248. The number of primary amides is 1. The number of carbonyl (C=O) groups is 1. The zero-order valence-corrected chi connectivity index (χ0v) is 8.36. The molecular weight excluding hydrogens is 174 g/mol. The summed E-state index contributed by atoms with van der Waals surface area (Å²) in [6.07, 6.45) is 3.18. The van der Waals surface area contributed by atoms with Crippen LogP contribution >= 0.6 is 0 Å². The third kappa shape index (κ3) is 3.44. The second-order valence-electron chi connectivity index (χ2n) is 3.26. The second-order valence-corrected chi connectivity index (χ2v) is 3.26. The monoisotopic (exact) mass is 189 g/mol. The molecule has 0 atom stereocenters. The molecule has 74 valence electrons. The van der Waals surface area contributed by atoms with Gasteiger partial charge in [0.1, 0.15) is 0 Å². The van der Waals surface area contributed by atoms with E-state index in [2.05, 4.69) is 12.1 Å². The van der Waals surface area contributed by atoms with Crippen molar-refractivity contribution in [1.29, 1.82) is 0 Å². The van der Waals surface area contributed by atoms with Gasteiger partial charge >= 0.3 is 0 Å². The molecule has 0 aliphatic heterocycles. The van der Waals surface area contributed by atoms with Crippen LogP contribution in [0, 0.1) is 0 Å². The average Bonchev–Trinajstić information content (AvgIpc) is 2.18. The molecule has 1 aromatic carbocycles. The van der Waals surface area contributed by atoms with E-state index < -0.39 is 0 Å². The fraction of sp³-hybridized carbons (Fsp3) is 0.250. The third-order valence-electron chi connectivity index (χ3n) is 2.07. The first kappa shape index (κ1) is 10.5. The van der Waals surface area contributed by atoms with E-state index in [1.807, 2.05) is 31.2 Å².